The maximum atomic E-state index is 14.6. The van der Waals surface area contributed by atoms with E-state index in [0.717, 1.165) is 51.4 Å². The third-order valence-corrected chi connectivity index (χ3v) is 11.5. The lowest BCUT2D eigenvalue weighted by Crippen LogP contribution is -2.60. The van der Waals surface area contributed by atoms with E-state index in [9.17, 15) is 19.5 Å². The lowest BCUT2D eigenvalue weighted by atomic mass is 9.66. The Labute approximate surface area is 232 Å². The van der Waals surface area contributed by atoms with Crippen LogP contribution in [0.3, 0.4) is 0 Å². The van der Waals surface area contributed by atoms with E-state index in [0.29, 0.717) is 19.6 Å². The molecule has 7 atom stereocenters. The standard InChI is InChI=1S/C30H46N2O5S/c1-5-8-9-13-17-37-29(36)24-23-18-20(4)30(38-23)25(24)27(34)32(21(7-3)19-33)26(30)28(35)31(16-6-2)22-14-11-10-12-15-22/h5-6,20-26,33H,1-2,7-19H2,3-4H3/t20?,21-,23-,24+,25-,26?,30?/m0/s1. The summed E-state index contributed by atoms with van der Waals surface area (Å²) in [5.74, 6) is -1.58. The highest BCUT2D eigenvalue weighted by Crippen LogP contribution is 2.69. The highest BCUT2D eigenvalue weighted by molar-refractivity contribution is 8.02. The molecule has 4 rings (SSSR count). The van der Waals surface area contributed by atoms with E-state index in [2.05, 4.69) is 20.1 Å². The Hall–Kier alpha value is -1.80. The minimum Gasteiger partial charge on any atom is -0.465 e. The zero-order chi connectivity index (χ0) is 27.4. The summed E-state index contributed by atoms with van der Waals surface area (Å²) in [6.45, 7) is 12.3. The first-order valence-electron chi connectivity index (χ1n) is 14.7. The number of thioether (sulfide) groups is 1. The molecule has 3 saturated heterocycles. The van der Waals surface area contributed by atoms with E-state index >= 15 is 0 Å². The smallest absolute Gasteiger partial charge is 0.310 e. The van der Waals surface area contributed by atoms with Gasteiger partial charge >= 0.3 is 5.97 Å². The van der Waals surface area contributed by atoms with Crippen molar-refractivity contribution in [3.63, 3.8) is 0 Å². The molecule has 1 aliphatic carbocycles. The number of allylic oxidation sites excluding steroid dienone is 1. The van der Waals surface area contributed by atoms with Crippen LogP contribution in [0.5, 0.6) is 0 Å². The van der Waals surface area contributed by atoms with Crippen molar-refractivity contribution >= 4 is 29.5 Å². The van der Waals surface area contributed by atoms with Crippen LogP contribution in [0.25, 0.3) is 0 Å². The number of aliphatic hydroxyl groups excluding tert-OH is 1. The Bertz CT molecular complexity index is 901. The lowest BCUT2D eigenvalue weighted by Gasteiger charge is -2.44. The van der Waals surface area contributed by atoms with Gasteiger partial charge in [0.15, 0.2) is 0 Å². The zero-order valence-corrected chi connectivity index (χ0v) is 24.0. The van der Waals surface area contributed by atoms with Gasteiger partial charge in [0.05, 0.1) is 35.8 Å². The predicted molar refractivity (Wildman–Crippen MR) is 150 cm³/mol. The van der Waals surface area contributed by atoms with Crippen LogP contribution < -0.4 is 0 Å². The molecule has 0 aromatic carbocycles. The van der Waals surface area contributed by atoms with Gasteiger partial charge in [-0.3, -0.25) is 14.4 Å². The number of likely N-dealkylation sites (tertiary alicyclic amines) is 1. The van der Waals surface area contributed by atoms with Crippen LogP contribution in [0.15, 0.2) is 25.3 Å². The monoisotopic (exact) mass is 546 g/mol. The van der Waals surface area contributed by atoms with E-state index in [-0.39, 0.29) is 41.6 Å². The Morgan fingerprint density at radius 1 is 1.24 bits per heavy atom. The SMILES string of the molecule is C=CCCCCOC(=O)[C@@H]1[C@@H]2CC(C)C3(S2)C(C(=O)N(CC=C)C2CCCCC2)N([C@@H](CC)CO)C(=O)[C@H]13. The van der Waals surface area contributed by atoms with Gasteiger partial charge < -0.3 is 19.6 Å². The number of fused-ring (bicyclic) bond motifs is 1. The third-order valence-electron chi connectivity index (χ3n) is 9.44. The second-order valence-electron chi connectivity index (χ2n) is 11.6. The molecule has 3 aliphatic heterocycles. The van der Waals surface area contributed by atoms with Crippen LogP contribution in [0.2, 0.25) is 0 Å². The Morgan fingerprint density at radius 2 is 1.97 bits per heavy atom. The molecule has 4 fully saturated rings. The first-order valence-corrected chi connectivity index (χ1v) is 15.5. The number of esters is 1. The van der Waals surface area contributed by atoms with E-state index in [1.54, 1.807) is 22.7 Å². The van der Waals surface area contributed by atoms with E-state index in [1.807, 2.05) is 17.9 Å². The number of rotatable bonds is 13. The average Bonchev–Trinajstić information content (AvgIpc) is 3.52. The summed E-state index contributed by atoms with van der Waals surface area (Å²) in [7, 11) is 0. The largest absolute Gasteiger partial charge is 0.465 e. The van der Waals surface area contributed by atoms with Gasteiger partial charge in [-0.15, -0.1) is 24.9 Å². The fourth-order valence-corrected chi connectivity index (χ4v) is 9.97. The number of ether oxygens (including phenoxy) is 1. The maximum Gasteiger partial charge on any atom is 0.310 e. The van der Waals surface area contributed by atoms with Crippen molar-refractivity contribution in [3.05, 3.63) is 25.3 Å². The highest BCUT2D eigenvalue weighted by Gasteiger charge is 2.77. The fourth-order valence-electron chi connectivity index (χ4n) is 7.58. The molecule has 7 nitrogen and oxygen atoms in total. The summed E-state index contributed by atoms with van der Waals surface area (Å²) in [6.07, 6.45) is 12.8. The average molecular weight is 547 g/mol. The molecule has 1 saturated carbocycles. The number of unbranched alkanes of at least 4 members (excludes halogenated alkanes) is 2. The molecule has 0 radical (unpaired) electrons. The Balaban J connectivity index is 1.68. The summed E-state index contributed by atoms with van der Waals surface area (Å²) in [5, 5.41) is 10.3. The minimum absolute atomic E-state index is 0.0335. The van der Waals surface area contributed by atoms with Crippen molar-refractivity contribution in [2.45, 2.75) is 106 Å². The number of amides is 2. The highest BCUT2D eigenvalue weighted by atomic mass is 32.2. The second kappa shape index (κ2) is 12.6. The van der Waals surface area contributed by atoms with Crippen molar-refractivity contribution < 1.29 is 24.2 Å². The van der Waals surface area contributed by atoms with Gasteiger partial charge in [-0.1, -0.05) is 45.3 Å². The first-order chi connectivity index (χ1) is 18.4. The second-order valence-corrected chi connectivity index (χ2v) is 13.1. The summed E-state index contributed by atoms with van der Waals surface area (Å²) >= 11 is 1.67. The number of hydrogen-bond donors (Lipinski definition) is 1. The number of carbonyl (C=O) groups is 3. The van der Waals surface area contributed by atoms with Crippen LogP contribution in [0, 0.1) is 17.8 Å². The van der Waals surface area contributed by atoms with Crippen LogP contribution in [0.4, 0.5) is 0 Å². The summed E-state index contributed by atoms with van der Waals surface area (Å²) < 4.78 is 5.03. The molecule has 212 valence electrons. The van der Waals surface area contributed by atoms with Gasteiger partial charge in [0, 0.05) is 17.8 Å². The summed E-state index contributed by atoms with van der Waals surface area (Å²) in [5.41, 5.74) is 0. The molecule has 1 spiro atoms. The van der Waals surface area contributed by atoms with Crippen molar-refractivity contribution in [2.24, 2.45) is 17.8 Å². The van der Waals surface area contributed by atoms with Crippen LogP contribution >= 0.6 is 11.8 Å². The van der Waals surface area contributed by atoms with Crippen molar-refractivity contribution in [3.8, 4) is 0 Å². The van der Waals surface area contributed by atoms with Gasteiger partial charge in [-0.25, -0.2) is 0 Å². The van der Waals surface area contributed by atoms with Crippen molar-refractivity contribution in [1.82, 2.24) is 9.80 Å². The fraction of sp³-hybridized carbons (Fsp3) is 0.767. The molecule has 3 unspecified atom stereocenters. The molecule has 2 bridgehead atoms. The quantitative estimate of drug-likeness (QED) is 0.210. The Kier molecular flexibility index (Phi) is 9.67. The molecule has 1 N–H and O–H groups in total. The minimum atomic E-state index is -0.700. The number of nitrogens with zero attached hydrogens (tertiary/aromatic N) is 2. The first kappa shape index (κ1) is 29.2. The molecular weight excluding hydrogens is 500 g/mol. The molecule has 38 heavy (non-hydrogen) atoms. The van der Waals surface area contributed by atoms with Crippen LogP contribution in [-0.2, 0) is 19.1 Å². The molecule has 2 amide bonds. The third kappa shape index (κ3) is 4.96. The van der Waals surface area contributed by atoms with Crippen molar-refractivity contribution in [2.75, 3.05) is 19.8 Å². The van der Waals surface area contributed by atoms with Crippen molar-refractivity contribution in [1.29, 1.82) is 0 Å². The number of hydrogen-bond acceptors (Lipinski definition) is 6. The molecule has 8 heteroatoms. The van der Waals surface area contributed by atoms with Crippen LogP contribution in [-0.4, -0.2) is 80.6 Å². The van der Waals surface area contributed by atoms with Gasteiger partial charge in [0.2, 0.25) is 11.8 Å². The maximum absolute atomic E-state index is 14.6. The van der Waals surface area contributed by atoms with Gasteiger partial charge in [0.1, 0.15) is 6.04 Å². The predicted octanol–water partition coefficient (Wildman–Crippen LogP) is 4.34. The van der Waals surface area contributed by atoms with Crippen LogP contribution in [0.1, 0.15) is 78.1 Å². The normalized spacial score (nSPS) is 33.2. The Morgan fingerprint density at radius 3 is 2.61 bits per heavy atom. The van der Waals surface area contributed by atoms with Gasteiger partial charge in [0.25, 0.3) is 0 Å². The lowest BCUT2D eigenvalue weighted by molar-refractivity contribution is -0.155. The number of carbonyl (C=O) groups excluding carboxylic acids is 3. The van der Waals surface area contributed by atoms with E-state index in [4.69, 9.17) is 4.74 Å². The molecule has 4 aliphatic rings. The molecule has 0 aromatic heterocycles. The molecular formula is C30H46N2O5S. The van der Waals surface area contributed by atoms with E-state index in [1.165, 1.54) is 6.42 Å². The summed E-state index contributed by atoms with van der Waals surface area (Å²) in [4.78, 5) is 46.0. The molecule has 0 aromatic rings. The topological polar surface area (TPSA) is 87.2 Å². The van der Waals surface area contributed by atoms with Gasteiger partial charge in [-0.05, 0) is 50.9 Å². The van der Waals surface area contributed by atoms with Gasteiger partial charge in [-0.2, -0.15) is 0 Å². The van der Waals surface area contributed by atoms with E-state index < -0.39 is 28.7 Å². The summed E-state index contributed by atoms with van der Waals surface area (Å²) in [6, 6.07) is -1.03. The zero-order valence-electron chi connectivity index (χ0n) is 23.2. The molecule has 3 heterocycles. The number of aliphatic hydroxyl groups is 1.